The van der Waals surface area contributed by atoms with Crippen molar-refractivity contribution >= 4 is 0 Å². The molecule has 2 heterocycles. The van der Waals surface area contributed by atoms with Crippen LogP contribution in [0.2, 0.25) is 0 Å². The van der Waals surface area contributed by atoms with E-state index in [1.54, 1.807) is 10.9 Å². The number of hydrogen-bond donors (Lipinski definition) is 2. The van der Waals surface area contributed by atoms with Gasteiger partial charge < -0.3 is 15.6 Å². The molecule has 1 fully saturated rings. The van der Waals surface area contributed by atoms with Crippen LogP contribution in [-0.4, -0.2) is 39.9 Å². The normalized spacial score (nSPS) is 27.0. The van der Waals surface area contributed by atoms with Crippen LogP contribution >= 0.6 is 0 Å². The molecule has 2 atom stereocenters. The van der Waals surface area contributed by atoms with E-state index >= 15 is 0 Å². The second-order valence-electron chi connectivity index (χ2n) is 3.45. The van der Waals surface area contributed by atoms with Crippen molar-refractivity contribution in [2.45, 2.75) is 12.6 Å². The summed E-state index contributed by atoms with van der Waals surface area (Å²) in [5, 5.41) is 16.6. The highest BCUT2D eigenvalue weighted by molar-refractivity contribution is 4.93. The Hall–Kier alpha value is -0.980. The topological polar surface area (TPSA) is 86.2 Å². The second-order valence-corrected chi connectivity index (χ2v) is 3.45. The van der Waals surface area contributed by atoms with Crippen molar-refractivity contribution in [3.63, 3.8) is 0 Å². The van der Waals surface area contributed by atoms with E-state index < -0.39 is 0 Å². The molecule has 6 nitrogen and oxygen atoms in total. The lowest BCUT2D eigenvalue weighted by Gasteiger charge is -2.14. The van der Waals surface area contributed by atoms with Gasteiger partial charge >= 0.3 is 0 Å². The molecule has 0 spiro atoms. The van der Waals surface area contributed by atoms with Gasteiger partial charge in [-0.05, 0) is 6.54 Å². The van der Waals surface area contributed by atoms with E-state index in [4.69, 9.17) is 15.6 Å². The molecule has 0 aromatic carbocycles. The van der Waals surface area contributed by atoms with Crippen molar-refractivity contribution in [1.82, 2.24) is 15.0 Å². The Morgan fingerprint density at radius 1 is 1.64 bits per heavy atom. The Bertz CT molecular complexity index is 301. The van der Waals surface area contributed by atoms with Crippen molar-refractivity contribution in [1.29, 1.82) is 0 Å². The average Bonchev–Trinajstić information content (AvgIpc) is 2.85. The first-order valence-electron chi connectivity index (χ1n) is 4.64. The molecule has 0 aliphatic carbocycles. The molecular weight excluding hydrogens is 184 g/mol. The predicted molar refractivity (Wildman–Crippen MR) is 48.3 cm³/mol. The van der Waals surface area contributed by atoms with Gasteiger partial charge in [-0.25, -0.2) is 4.68 Å². The fraction of sp³-hybridized carbons (Fsp3) is 0.750. The van der Waals surface area contributed by atoms with Crippen LogP contribution in [0.3, 0.4) is 0 Å². The first-order valence-corrected chi connectivity index (χ1v) is 4.64. The molecule has 1 aliphatic rings. The Kier molecular flexibility index (Phi) is 2.76. The molecular formula is C8H14N4O2. The monoisotopic (exact) mass is 198 g/mol. The zero-order chi connectivity index (χ0) is 9.97. The van der Waals surface area contributed by atoms with Gasteiger partial charge in [0.25, 0.3) is 0 Å². The fourth-order valence-corrected chi connectivity index (χ4v) is 1.65. The maximum atomic E-state index is 8.85. The third-order valence-electron chi connectivity index (χ3n) is 2.53. The van der Waals surface area contributed by atoms with Crippen LogP contribution in [-0.2, 0) is 11.3 Å². The van der Waals surface area contributed by atoms with Gasteiger partial charge in [-0.1, -0.05) is 5.21 Å². The van der Waals surface area contributed by atoms with Gasteiger partial charge in [0.15, 0.2) is 0 Å². The highest BCUT2D eigenvalue weighted by Crippen LogP contribution is 2.23. The highest BCUT2D eigenvalue weighted by Gasteiger charge is 2.29. The Morgan fingerprint density at radius 2 is 2.50 bits per heavy atom. The van der Waals surface area contributed by atoms with Crippen molar-refractivity contribution in [3.8, 4) is 0 Å². The molecule has 0 amide bonds. The van der Waals surface area contributed by atoms with E-state index in [0.717, 1.165) is 0 Å². The molecule has 3 N–H and O–H groups in total. The summed E-state index contributed by atoms with van der Waals surface area (Å²) in [6.45, 7) is 1.80. The van der Waals surface area contributed by atoms with Crippen LogP contribution in [0.1, 0.15) is 11.7 Å². The van der Waals surface area contributed by atoms with Crippen molar-refractivity contribution in [2.75, 3.05) is 19.8 Å². The molecule has 0 unspecified atom stereocenters. The summed E-state index contributed by atoms with van der Waals surface area (Å²) in [6, 6.07) is 0.160. The first-order chi connectivity index (χ1) is 6.85. The molecule has 78 valence electrons. The van der Waals surface area contributed by atoms with Gasteiger partial charge in [-0.2, -0.15) is 0 Å². The van der Waals surface area contributed by atoms with E-state index in [1.807, 2.05) is 0 Å². The molecule has 1 saturated heterocycles. The zero-order valence-corrected chi connectivity index (χ0v) is 7.83. The summed E-state index contributed by atoms with van der Waals surface area (Å²) >= 11 is 0. The lowest BCUT2D eigenvalue weighted by Crippen LogP contribution is -2.25. The Labute approximate surface area is 81.7 Å². The number of rotatable bonds is 3. The molecule has 1 aliphatic heterocycles. The summed E-state index contributed by atoms with van der Waals surface area (Å²) < 4.78 is 7.06. The van der Waals surface area contributed by atoms with Crippen LogP contribution in [0, 0.1) is 5.92 Å². The van der Waals surface area contributed by atoms with Crippen LogP contribution in [0.25, 0.3) is 0 Å². The van der Waals surface area contributed by atoms with E-state index in [2.05, 4.69) is 10.3 Å². The standard InChI is InChI=1S/C8H14N4O2/c9-1-6-4-14-5-8(6)12-2-7(3-13)10-11-12/h2,6,8,13H,1,3-5,9H2/t6-,8-/m1/s1. The molecule has 1 aromatic heterocycles. The molecule has 14 heavy (non-hydrogen) atoms. The lowest BCUT2D eigenvalue weighted by atomic mass is 10.0. The minimum absolute atomic E-state index is 0.0825. The van der Waals surface area contributed by atoms with Crippen LogP contribution < -0.4 is 5.73 Å². The quantitative estimate of drug-likeness (QED) is 0.645. The van der Waals surface area contributed by atoms with E-state index in [0.29, 0.717) is 31.4 Å². The van der Waals surface area contributed by atoms with Gasteiger partial charge in [-0.15, -0.1) is 5.10 Å². The van der Waals surface area contributed by atoms with Crippen LogP contribution in [0.5, 0.6) is 0 Å². The zero-order valence-electron chi connectivity index (χ0n) is 7.83. The van der Waals surface area contributed by atoms with E-state index in [1.165, 1.54) is 0 Å². The van der Waals surface area contributed by atoms with Crippen LogP contribution in [0.15, 0.2) is 6.20 Å². The van der Waals surface area contributed by atoms with Crippen molar-refractivity contribution < 1.29 is 9.84 Å². The average molecular weight is 198 g/mol. The minimum Gasteiger partial charge on any atom is -0.390 e. The number of hydrogen-bond acceptors (Lipinski definition) is 5. The summed E-state index contributed by atoms with van der Waals surface area (Å²) in [5.41, 5.74) is 6.19. The fourth-order valence-electron chi connectivity index (χ4n) is 1.65. The van der Waals surface area contributed by atoms with Gasteiger partial charge in [0.1, 0.15) is 5.69 Å². The third-order valence-corrected chi connectivity index (χ3v) is 2.53. The number of aliphatic hydroxyl groups excluding tert-OH is 1. The Morgan fingerprint density at radius 3 is 3.14 bits per heavy atom. The number of aliphatic hydroxyl groups is 1. The molecule has 0 saturated carbocycles. The number of nitrogens with two attached hydrogens (primary N) is 1. The van der Waals surface area contributed by atoms with E-state index in [-0.39, 0.29) is 12.6 Å². The smallest absolute Gasteiger partial charge is 0.108 e. The number of aromatic nitrogens is 3. The summed E-state index contributed by atoms with van der Waals surface area (Å²) in [5.74, 6) is 0.295. The van der Waals surface area contributed by atoms with Gasteiger partial charge in [-0.3, -0.25) is 0 Å². The van der Waals surface area contributed by atoms with Crippen LogP contribution in [0.4, 0.5) is 0 Å². The highest BCUT2D eigenvalue weighted by atomic mass is 16.5. The predicted octanol–water partition coefficient (Wildman–Crippen LogP) is -1.08. The maximum Gasteiger partial charge on any atom is 0.108 e. The minimum atomic E-state index is -0.0825. The SMILES string of the molecule is NC[C@@H]1COC[C@H]1n1cc(CO)nn1. The molecule has 0 bridgehead atoms. The second kappa shape index (κ2) is 4.04. The van der Waals surface area contributed by atoms with Crippen molar-refractivity contribution in [3.05, 3.63) is 11.9 Å². The number of ether oxygens (including phenoxy) is 1. The number of nitrogens with zero attached hydrogens (tertiary/aromatic N) is 3. The molecule has 2 rings (SSSR count). The van der Waals surface area contributed by atoms with Crippen molar-refractivity contribution in [2.24, 2.45) is 11.7 Å². The van der Waals surface area contributed by atoms with E-state index in [9.17, 15) is 0 Å². The van der Waals surface area contributed by atoms with Gasteiger partial charge in [0, 0.05) is 5.92 Å². The molecule has 6 heteroatoms. The maximum absolute atomic E-state index is 8.85. The Balaban J connectivity index is 2.13. The lowest BCUT2D eigenvalue weighted by molar-refractivity contribution is 0.180. The largest absolute Gasteiger partial charge is 0.390 e. The summed E-state index contributed by atoms with van der Waals surface area (Å²) in [6.07, 6.45) is 1.74. The molecule has 0 radical (unpaired) electrons. The summed E-state index contributed by atoms with van der Waals surface area (Å²) in [4.78, 5) is 0. The third kappa shape index (κ3) is 1.63. The van der Waals surface area contributed by atoms with Gasteiger partial charge in [0.05, 0.1) is 32.1 Å². The first kappa shape index (κ1) is 9.57. The van der Waals surface area contributed by atoms with Gasteiger partial charge in [0.2, 0.25) is 0 Å². The molecule has 1 aromatic rings. The summed E-state index contributed by atoms with van der Waals surface area (Å²) in [7, 11) is 0.